The summed E-state index contributed by atoms with van der Waals surface area (Å²) in [7, 11) is 0. The highest BCUT2D eigenvalue weighted by Crippen LogP contribution is 2.35. The van der Waals surface area contributed by atoms with Gasteiger partial charge in [0.25, 0.3) is 5.91 Å². The molecule has 1 atom stereocenters. The number of amides is 2. The average Bonchev–Trinajstić information content (AvgIpc) is 3.30. The number of piperidine rings is 1. The van der Waals surface area contributed by atoms with Crippen LogP contribution in [-0.2, 0) is 9.59 Å². The molecule has 1 saturated heterocycles. The van der Waals surface area contributed by atoms with Gasteiger partial charge in [-0.05, 0) is 31.3 Å². The minimum absolute atomic E-state index is 0.0886. The molecule has 0 spiro atoms. The SMILES string of the molecule is Cc1cc(-c2snnc2C2CCCN(C(=O)C3=NNC(=O)CC3)C2)on1. The van der Waals surface area contributed by atoms with Gasteiger partial charge >= 0.3 is 0 Å². The summed E-state index contributed by atoms with van der Waals surface area (Å²) in [5.41, 5.74) is 4.45. The number of carbonyl (C=O) groups is 2. The summed E-state index contributed by atoms with van der Waals surface area (Å²) >= 11 is 1.28. The molecule has 0 bridgehead atoms. The molecular formula is C16H18N6O3S. The monoisotopic (exact) mass is 374 g/mol. The van der Waals surface area contributed by atoms with E-state index in [2.05, 4.69) is 25.3 Å². The van der Waals surface area contributed by atoms with Crippen molar-refractivity contribution in [3.63, 3.8) is 0 Å². The molecule has 4 rings (SSSR count). The predicted octanol–water partition coefficient (Wildman–Crippen LogP) is 1.47. The normalized spacial score (nSPS) is 20.7. The molecule has 2 aromatic heterocycles. The first-order chi connectivity index (χ1) is 12.6. The van der Waals surface area contributed by atoms with Crippen molar-refractivity contribution in [1.82, 2.24) is 25.1 Å². The van der Waals surface area contributed by atoms with Crippen LogP contribution in [0.25, 0.3) is 10.6 Å². The number of nitrogens with one attached hydrogen (secondary N) is 1. The van der Waals surface area contributed by atoms with Crippen LogP contribution in [0.3, 0.4) is 0 Å². The number of hydrogen-bond acceptors (Lipinski definition) is 8. The largest absolute Gasteiger partial charge is 0.355 e. The minimum Gasteiger partial charge on any atom is -0.355 e. The summed E-state index contributed by atoms with van der Waals surface area (Å²) in [5.74, 6) is 0.481. The standard InChI is InChI=1S/C16H18N6O3S/c1-9-7-12(25-20-9)15-14(19-21-26-15)10-3-2-6-22(8-10)16(24)11-4-5-13(23)18-17-11/h7,10H,2-6,8H2,1H3,(H,18,23). The summed E-state index contributed by atoms with van der Waals surface area (Å²) in [6, 6.07) is 1.86. The molecule has 2 aromatic rings. The number of likely N-dealkylation sites (tertiary alicyclic amines) is 1. The van der Waals surface area contributed by atoms with Gasteiger partial charge in [-0.25, -0.2) is 5.43 Å². The van der Waals surface area contributed by atoms with Crippen LogP contribution < -0.4 is 5.43 Å². The summed E-state index contributed by atoms with van der Waals surface area (Å²) < 4.78 is 9.44. The lowest BCUT2D eigenvalue weighted by atomic mass is 9.93. The molecule has 136 valence electrons. The maximum atomic E-state index is 12.7. The van der Waals surface area contributed by atoms with Crippen molar-refractivity contribution in [3.8, 4) is 10.6 Å². The van der Waals surface area contributed by atoms with Crippen molar-refractivity contribution in [2.75, 3.05) is 13.1 Å². The van der Waals surface area contributed by atoms with Crippen molar-refractivity contribution in [2.45, 2.75) is 38.5 Å². The summed E-state index contributed by atoms with van der Waals surface area (Å²) in [4.78, 5) is 26.6. The van der Waals surface area contributed by atoms with Crippen molar-refractivity contribution in [1.29, 1.82) is 0 Å². The third kappa shape index (κ3) is 3.24. The van der Waals surface area contributed by atoms with Gasteiger partial charge in [0, 0.05) is 37.9 Å². The highest BCUT2D eigenvalue weighted by molar-refractivity contribution is 7.09. The Bertz CT molecular complexity index is 873. The number of rotatable bonds is 3. The van der Waals surface area contributed by atoms with Gasteiger partial charge in [0.1, 0.15) is 10.6 Å². The second-order valence-corrected chi connectivity index (χ2v) is 7.26. The molecule has 0 aromatic carbocycles. The Balaban J connectivity index is 1.52. The minimum atomic E-state index is -0.154. The number of aromatic nitrogens is 3. The van der Waals surface area contributed by atoms with Crippen LogP contribution in [0.4, 0.5) is 0 Å². The van der Waals surface area contributed by atoms with Gasteiger partial charge in [-0.3, -0.25) is 9.59 Å². The average molecular weight is 374 g/mol. The van der Waals surface area contributed by atoms with Crippen molar-refractivity contribution < 1.29 is 14.1 Å². The summed E-state index contributed by atoms with van der Waals surface area (Å²) in [6.45, 7) is 3.10. The van der Waals surface area contributed by atoms with E-state index in [-0.39, 0.29) is 17.7 Å². The fraction of sp³-hybridized carbons (Fsp3) is 0.500. The van der Waals surface area contributed by atoms with Crippen LogP contribution in [0.15, 0.2) is 15.7 Å². The van der Waals surface area contributed by atoms with E-state index in [0.717, 1.165) is 29.1 Å². The lowest BCUT2D eigenvalue weighted by molar-refractivity contribution is -0.125. The number of aryl methyl sites for hydroxylation is 1. The van der Waals surface area contributed by atoms with Gasteiger partial charge < -0.3 is 9.42 Å². The van der Waals surface area contributed by atoms with Crippen molar-refractivity contribution >= 4 is 29.1 Å². The van der Waals surface area contributed by atoms with E-state index >= 15 is 0 Å². The van der Waals surface area contributed by atoms with Crippen molar-refractivity contribution in [3.05, 3.63) is 17.5 Å². The Morgan fingerprint density at radius 1 is 1.42 bits per heavy atom. The number of hydrogen-bond donors (Lipinski definition) is 1. The van der Waals surface area contributed by atoms with Crippen LogP contribution in [0.5, 0.6) is 0 Å². The molecule has 2 amide bonds. The molecule has 9 nitrogen and oxygen atoms in total. The van der Waals surface area contributed by atoms with Gasteiger partial charge in [0.2, 0.25) is 5.91 Å². The quantitative estimate of drug-likeness (QED) is 0.870. The molecule has 26 heavy (non-hydrogen) atoms. The van der Waals surface area contributed by atoms with E-state index in [1.54, 1.807) is 4.90 Å². The molecule has 2 aliphatic heterocycles. The van der Waals surface area contributed by atoms with Crippen LogP contribution in [-0.4, -0.2) is 50.3 Å². The van der Waals surface area contributed by atoms with Gasteiger partial charge in [0.15, 0.2) is 5.76 Å². The van der Waals surface area contributed by atoms with Crippen LogP contribution in [0.2, 0.25) is 0 Å². The first-order valence-corrected chi connectivity index (χ1v) is 9.30. The molecule has 4 heterocycles. The maximum absolute atomic E-state index is 12.7. The molecule has 10 heteroatoms. The molecule has 1 unspecified atom stereocenters. The fourth-order valence-electron chi connectivity index (χ4n) is 3.30. The first-order valence-electron chi connectivity index (χ1n) is 8.52. The smallest absolute Gasteiger partial charge is 0.270 e. The zero-order chi connectivity index (χ0) is 18.1. The third-order valence-electron chi connectivity index (χ3n) is 4.61. The van der Waals surface area contributed by atoms with E-state index in [1.165, 1.54) is 11.5 Å². The molecular weight excluding hydrogens is 356 g/mol. The lowest BCUT2D eigenvalue weighted by Gasteiger charge is -2.32. The van der Waals surface area contributed by atoms with Gasteiger partial charge in [-0.1, -0.05) is 9.64 Å². The summed E-state index contributed by atoms with van der Waals surface area (Å²) in [6.07, 6.45) is 2.49. The summed E-state index contributed by atoms with van der Waals surface area (Å²) in [5, 5.41) is 12.1. The molecule has 0 aliphatic carbocycles. The Hall–Kier alpha value is -2.62. The topological polar surface area (TPSA) is 114 Å². The molecule has 2 aliphatic rings. The van der Waals surface area contributed by atoms with Crippen molar-refractivity contribution in [2.24, 2.45) is 5.10 Å². The van der Waals surface area contributed by atoms with E-state index < -0.39 is 0 Å². The van der Waals surface area contributed by atoms with Crippen LogP contribution in [0, 0.1) is 6.92 Å². The second-order valence-electron chi connectivity index (χ2n) is 6.50. The third-order valence-corrected chi connectivity index (χ3v) is 5.37. The zero-order valence-electron chi connectivity index (χ0n) is 14.3. The number of hydrazone groups is 1. The van der Waals surface area contributed by atoms with E-state index in [1.807, 2.05) is 13.0 Å². The molecule has 1 N–H and O–H groups in total. The van der Waals surface area contributed by atoms with Gasteiger partial charge in [-0.15, -0.1) is 5.10 Å². The van der Waals surface area contributed by atoms with Gasteiger partial charge in [-0.2, -0.15) is 5.10 Å². The number of carbonyl (C=O) groups excluding carboxylic acids is 2. The Labute approximate surface area is 153 Å². The number of nitrogens with zero attached hydrogens (tertiary/aromatic N) is 5. The van der Waals surface area contributed by atoms with E-state index in [9.17, 15) is 9.59 Å². The van der Waals surface area contributed by atoms with E-state index in [0.29, 0.717) is 37.4 Å². The lowest BCUT2D eigenvalue weighted by Crippen LogP contribution is -2.44. The highest BCUT2D eigenvalue weighted by atomic mass is 32.1. The zero-order valence-corrected chi connectivity index (χ0v) is 15.1. The van der Waals surface area contributed by atoms with Gasteiger partial charge in [0.05, 0.1) is 11.4 Å². The highest BCUT2D eigenvalue weighted by Gasteiger charge is 2.32. The van der Waals surface area contributed by atoms with Crippen LogP contribution >= 0.6 is 11.5 Å². The predicted molar refractivity (Wildman–Crippen MR) is 93.5 cm³/mol. The Morgan fingerprint density at radius 3 is 3.04 bits per heavy atom. The maximum Gasteiger partial charge on any atom is 0.270 e. The second kappa shape index (κ2) is 6.94. The Kier molecular flexibility index (Phi) is 4.49. The van der Waals surface area contributed by atoms with E-state index in [4.69, 9.17) is 4.52 Å². The molecule has 0 saturated carbocycles. The fourth-order valence-corrected chi connectivity index (χ4v) is 4.00. The Morgan fingerprint density at radius 2 is 2.31 bits per heavy atom. The molecule has 0 radical (unpaired) electrons. The van der Waals surface area contributed by atoms with Crippen LogP contribution in [0.1, 0.15) is 43.0 Å². The first kappa shape index (κ1) is 16.8. The molecule has 1 fully saturated rings.